The SMILES string of the molecule is CCNC(=NCCc1ccc(F)cc1Cl)N(C)CC1CCOC1. The first-order valence-corrected chi connectivity index (χ1v) is 8.49. The highest BCUT2D eigenvalue weighted by Gasteiger charge is 2.19. The average molecular weight is 342 g/mol. The fourth-order valence-corrected chi connectivity index (χ4v) is 2.94. The molecule has 2 rings (SSSR count). The van der Waals surface area contributed by atoms with Crippen LogP contribution in [0.4, 0.5) is 4.39 Å². The summed E-state index contributed by atoms with van der Waals surface area (Å²) in [5.74, 6) is 1.14. The van der Waals surface area contributed by atoms with E-state index >= 15 is 0 Å². The van der Waals surface area contributed by atoms with E-state index in [4.69, 9.17) is 16.3 Å². The van der Waals surface area contributed by atoms with E-state index < -0.39 is 0 Å². The summed E-state index contributed by atoms with van der Waals surface area (Å²) in [5.41, 5.74) is 0.916. The number of rotatable bonds is 6. The minimum Gasteiger partial charge on any atom is -0.381 e. The molecule has 0 saturated carbocycles. The van der Waals surface area contributed by atoms with Gasteiger partial charge < -0.3 is 15.0 Å². The predicted molar refractivity (Wildman–Crippen MR) is 92.6 cm³/mol. The molecule has 128 valence electrons. The summed E-state index contributed by atoms with van der Waals surface area (Å²) < 4.78 is 18.5. The Hall–Kier alpha value is -1.33. The van der Waals surface area contributed by atoms with Crippen LogP contribution in [0.15, 0.2) is 23.2 Å². The molecular formula is C17H25ClFN3O. The van der Waals surface area contributed by atoms with E-state index in [0.29, 0.717) is 23.9 Å². The highest BCUT2D eigenvalue weighted by atomic mass is 35.5. The minimum atomic E-state index is -0.311. The van der Waals surface area contributed by atoms with Crippen LogP contribution in [0.25, 0.3) is 0 Å². The zero-order valence-electron chi connectivity index (χ0n) is 13.8. The molecule has 1 N–H and O–H groups in total. The van der Waals surface area contributed by atoms with Crippen molar-refractivity contribution in [2.75, 3.05) is 39.9 Å². The van der Waals surface area contributed by atoms with Crippen molar-refractivity contribution in [1.82, 2.24) is 10.2 Å². The lowest BCUT2D eigenvalue weighted by molar-refractivity contribution is 0.181. The largest absolute Gasteiger partial charge is 0.381 e. The monoisotopic (exact) mass is 341 g/mol. The van der Waals surface area contributed by atoms with Crippen LogP contribution in [-0.2, 0) is 11.2 Å². The lowest BCUT2D eigenvalue weighted by Crippen LogP contribution is -2.41. The van der Waals surface area contributed by atoms with Crippen LogP contribution >= 0.6 is 11.6 Å². The molecule has 1 aromatic carbocycles. The summed E-state index contributed by atoms with van der Waals surface area (Å²) in [7, 11) is 2.05. The molecule has 6 heteroatoms. The van der Waals surface area contributed by atoms with Gasteiger partial charge >= 0.3 is 0 Å². The lowest BCUT2D eigenvalue weighted by Gasteiger charge is -2.24. The molecule has 0 aliphatic carbocycles. The Balaban J connectivity index is 1.91. The van der Waals surface area contributed by atoms with Crippen LogP contribution in [-0.4, -0.2) is 50.8 Å². The van der Waals surface area contributed by atoms with Crippen LogP contribution in [0.2, 0.25) is 5.02 Å². The van der Waals surface area contributed by atoms with Crippen molar-refractivity contribution in [2.24, 2.45) is 10.9 Å². The van der Waals surface area contributed by atoms with Gasteiger partial charge in [0.2, 0.25) is 0 Å². The number of hydrogen-bond donors (Lipinski definition) is 1. The Morgan fingerprint density at radius 2 is 2.35 bits per heavy atom. The fourth-order valence-electron chi connectivity index (χ4n) is 2.68. The van der Waals surface area contributed by atoms with Crippen LogP contribution in [0.5, 0.6) is 0 Å². The molecule has 1 saturated heterocycles. The summed E-state index contributed by atoms with van der Waals surface area (Å²) in [4.78, 5) is 6.80. The first kappa shape index (κ1) is 18.0. The van der Waals surface area contributed by atoms with Gasteiger partial charge in [-0.25, -0.2) is 4.39 Å². The summed E-state index contributed by atoms with van der Waals surface area (Å²) in [6.07, 6.45) is 1.79. The average Bonchev–Trinajstić information content (AvgIpc) is 3.01. The maximum absolute atomic E-state index is 13.1. The van der Waals surface area contributed by atoms with Crippen molar-refractivity contribution in [3.63, 3.8) is 0 Å². The van der Waals surface area contributed by atoms with Crippen LogP contribution in [0, 0.1) is 11.7 Å². The van der Waals surface area contributed by atoms with Crippen LogP contribution in [0.3, 0.4) is 0 Å². The molecule has 1 aliphatic rings. The van der Waals surface area contributed by atoms with Crippen molar-refractivity contribution < 1.29 is 9.13 Å². The molecule has 1 fully saturated rings. The second-order valence-corrected chi connectivity index (χ2v) is 6.24. The van der Waals surface area contributed by atoms with Gasteiger partial charge in [-0.1, -0.05) is 17.7 Å². The number of benzene rings is 1. The Bertz CT molecular complexity index is 533. The molecular weight excluding hydrogens is 317 g/mol. The number of guanidine groups is 1. The Kier molecular flexibility index (Phi) is 7.12. The minimum absolute atomic E-state index is 0.311. The first-order valence-electron chi connectivity index (χ1n) is 8.11. The van der Waals surface area contributed by atoms with Crippen molar-refractivity contribution in [2.45, 2.75) is 19.8 Å². The van der Waals surface area contributed by atoms with Gasteiger partial charge in [-0.2, -0.15) is 0 Å². The van der Waals surface area contributed by atoms with E-state index in [-0.39, 0.29) is 5.82 Å². The van der Waals surface area contributed by atoms with Gasteiger partial charge in [-0.05, 0) is 37.5 Å². The van der Waals surface area contributed by atoms with Crippen LogP contribution < -0.4 is 5.32 Å². The molecule has 0 spiro atoms. The van der Waals surface area contributed by atoms with Crippen molar-refractivity contribution >= 4 is 17.6 Å². The molecule has 0 amide bonds. The third kappa shape index (κ3) is 5.66. The number of nitrogens with zero attached hydrogens (tertiary/aromatic N) is 2. The van der Waals surface area contributed by atoms with Gasteiger partial charge in [-0.3, -0.25) is 4.99 Å². The molecule has 1 aliphatic heterocycles. The molecule has 1 atom stereocenters. The standard InChI is InChI=1S/C17H25ClFN3O/c1-3-20-17(22(2)11-13-7-9-23-12-13)21-8-6-14-4-5-15(19)10-16(14)18/h4-5,10,13H,3,6-9,11-12H2,1-2H3,(H,20,21). The zero-order chi connectivity index (χ0) is 16.7. The highest BCUT2D eigenvalue weighted by molar-refractivity contribution is 6.31. The van der Waals surface area contributed by atoms with E-state index in [1.165, 1.54) is 12.1 Å². The fraction of sp³-hybridized carbons (Fsp3) is 0.588. The first-order chi connectivity index (χ1) is 11.1. The second kappa shape index (κ2) is 9.08. The van der Waals surface area contributed by atoms with Gasteiger partial charge in [0, 0.05) is 44.2 Å². The maximum atomic E-state index is 13.1. The normalized spacial score (nSPS) is 18.3. The van der Waals surface area contributed by atoms with Gasteiger partial charge in [0.1, 0.15) is 5.82 Å². The summed E-state index contributed by atoms with van der Waals surface area (Å²) >= 11 is 6.05. The van der Waals surface area contributed by atoms with E-state index in [0.717, 1.165) is 44.2 Å². The number of nitrogens with one attached hydrogen (secondary N) is 1. The maximum Gasteiger partial charge on any atom is 0.193 e. The molecule has 0 radical (unpaired) electrons. The molecule has 1 aromatic rings. The smallest absolute Gasteiger partial charge is 0.193 e. The van der Waals surface area contributed by atoms with Crippen molar-refractivity contribution in [3.05, 3.63) is 34.6 Å². The topological polar surface area (TPSA) is 36.9 Å². The molecule has 0 aromatic heterocycles. The van der Waals surface area contributed by atoms with E-state index in [2.05, 4.69) is 22.1 Å². The van der Waals surface area contributed by atoms with Gasteiger partial charge in [0.05, 0.1) is 6.61 Å². The molecule has 0 bridgehead atoms. The number of hydrogen-bond acceptors (Lipinski definition) is 2. The quantitative estimate of drug-likeness (QED) is 0.638. The molecule has 1 heterocycles. The molecule has 23 heavy (non-hydrogen) atoms. The van der Waals surface area contributed by atoms with E-state index in [1.807, 2.05) is 7.05 Å². The lowest BCUT2D eigenvalue weighted by atomic mass is 10.1. The summed E-state index contributed by atoms with van der Waals surface area (Å²) in [5, 5.41) is 3.77. The van der Waals surface area contributed by atoms with Gasteiger partial charge in [0.15, 0.2) is 5.96 Å². The Labute approximate surface area is 142 Å². The molecule has 1 unspecified atom stereocenters. The van der Waals surface area contributed by atoms with Gasteiger partial charge in [0.25, 0.3) is 0 Å². The highest BCUT2D eigenvalue weighted by Crippen LogP contribution is 2.18. The number of ether oxygens (including phenoxy) is 1. The summed E-state index contributed by atoms with van der Waals surface area (Å²) in [6.45, 7) is 6.10. The van der Waals surface area contributed by atoms with E-state index in [9.17, 15) is 4.39 Å². The van der Waals surface area contributed by atoms with Gasteiger partial charge in [-0.15, -0.1) is 0 Å². The zero-order valence-corrected chi connectivity index (χ0v) is 14.6. The number of aliphatic imine (C=N–C) groups is 1. The van der Waals surface area contributed by atoms with Crippen LogP contribution in [0.1, 0.15) is 18.9 Å². The molecule has 4 nitrogen and oxygen atoms in total. The number of halogens is 2. The predicted octanol–water partition coefficient (Wildman–Crippen LogP) is 2.96. The third-order valence-electron chi connectivity index (χ3n) is 3.91. The summed E-state index contributed by atoms with van der Waals surface area (Å²) in [6, 6.07) is 4.50. The van der Waals surface area contributed by atoms with Crippen molar-refractivity contribution in [1.29, 1.82) is 0 Å². The Morgan fingerprint density at radius 1 is 1.52 bits per heavy atom. The van der Waals surface area contributed by atoms with E-state index in [1.54, 1.807) is 6.07 Å². The van der Waals surface area contributed by atoms with Crippen molar-refractivity contribution in [3.8, 4) is 0 Å². The second-order valence-electron chi connectivity index (χ2n) is 5.83. The third-order valence-corrected chi connectivity index (χ3v) is 4.26. The Morgan fingerprint density at radius 3 is 3.00 bits per heavy atom.